The van der Waals surface area contributed by atoms with Gasteiger partial charge in [-0.1, -0.05) is 0 Å². The zero-order chi connectivity index (χ0) is 18.3. The molecule has 0 radical (unpaired) electrons. The SMILES string of the molecule is CCOP(=O)(OCC)C(Cc1c(O)cc(OC)cc1OC)C(=O)O. The first-order valence-corrected chi connectivity index (χ1v) is 8.99. The van der Waals surface area contributed by atoms with Gasteiger partial charge in [-0.25, -0.2) is 0 Å². The number of phenolic OH excluding ortho intramolecular Hbond substituents is 1. The van der Waals surface area contributed by atoms with Crippen LogP contribution in [0, 0.1) is 0 Å². The van der Waals surface area contributed by atoms with Crippen LogP contribution >= 0.6 is 7.60 Å². The summed E-state index contributed by atoms with van der Waals surface area (Å²) in [6, 6.07) is 2.82. The van der Waals surface area contributed by atoms with Gasteiger partial charge in [-0.05, 0) is 13.8 Å². The van der Waals surface area contributed by atoms with Crippen LogP contribution in [0.4, 0.5) is 0 Å². The number of hydrogen-bond acceptors (Lipinski definition) is 7. The molecule has 1 aromatic carbocycles. The summed E-state index contributed by atoms with van der Waals surface area (Å²) in [6.45, 7) is 3.26. The fourth-order valence-corrected chi connectivity index (χ4v) is 4.05. The Hall–Kier alpha value is -1.76. The number of ether oxygens (including phenoxy) is 2. The molecule has 0 heterocycles. The number of rotatable bonds is 10. The molecule has 0 aliphatic rings. The third-order valence-corrected chi connectivity index (χ3v) is 5.70. The summed E-state index contributed by atoms with van der Waals surface area (Å²) in [5, 5.41) is 19.7. The second-order valence-electron chi connectivity index (χ2n) is 4.76. The molecule has 0 fully saturated rings. The molecule has 1 unspecified atom stereocenters. The molecule has 8 nitrogen and oxygen atoms in total. The predicted octanol–water partition coefficient (Wildman–Crippen LogP) is 2.67. The first-order chi connectivity index (χ1) is 11.3. The van der Waals surface area contributed by atoms with Crippen LogP contribution in [0.15, 0.2) is 12.1 Å². The monoisotopic (exact) mass is 362 g/mol. The van der Waals surface area contributed by atoms with Gasteiger partial charge in [0, 0.05) is 24.1 Å². The summed E-state index contributed by atoms with van der Waals surface area (Å²) >= 11 is 0. The van der Waals surface area contributed by atoms with Gasteiger partial charge in [-0.15, -0.1) is 0 Å². The molecule has 0 aliphatic heterocycles. The zero-order valence-corrected chi connectivity index (χ0v) is 15.0. The standard InChI is InChI=1S/C15H23O8P/c1-5-22-24(19,23-6-2)14(15(17)18)9-11-12(16)7-10(20-3)8-13(11)21-4/h7-8,14,16H,5-6,9H2,1-4H3,(H,17,18). The van der Waals surface area contributed by atoms with E-state index < -0.39 is 19.2 Å². The molecular weight excluding hydrogens is 339 g/mol. The highest BCUT2D eigenvalue weighted by atomic mass is 31.2. The summed E-state index contributed by atoms with van der Waals surface area (Å²) < 4.78 is 33.3. The Morgan fingerprint density at radius 2 is 1.75 bits per heavy atom. The van der Waals surface area contributed by atoms with Crippen LogP contribution in [0.3, 0.4) is 0 Å². The van der Waals surface area contributed by atoms with Crippen LogP contribution < -0.4 is 9.47 Å². The fourth-order valence-electron chi connectivity index (χ4n) is 2.22. The van der Waals surface area contributed by atoms with Crippen LogP contribution in [0.2, 0.25) is 0 Å². The van der Waals surface area contributed by atoms with Crippen molar-refractivity contribution in [3.8, 4) is 17.2 Å². The van der Waals surface area contributed by atoms with E-state index in [0.717, 1.165) is 0 Å². The number of methoxy groups -OCH3 is 2. The maximum Gasteiger partial charge on any atom is 0.345 e. The molecule has 9 heteroatoms. The van der Waals surface area contributed by atoms with Crippen LogP contribution in [-0.4, -0.2) is 49.3 Å². The Bertz CT molecular complexity index is 606. The smallest absolute Gasteiger partial charge is 0.345 e. The van der Waals surface area contributed by atoms with Crippen molar-refractivity contribution < 1.29 is 38.1 Å². The molecule has 1 atom stereocenters. The van der Waals surface area contributed by atoms with Crippen molar-refractivity contribution in [1.82, 2.24) is 0 Å². The minimum Gasteiger partial charge on any atom is -0.507 e. The van der Waals surface area contributed by atoms with Crippen molar-refractivity contribution in [2.45, 2.75) is 25.9 Å². The molecule has 1 aromatic rings. The van der Waals surface area contributed by atoms with Gasteiger partial charge in [0.05, 0.1) is 27.4 Å². The Morgan fingerprint density at radius 1 is 1.17 bits per heavy atom. The van der Waals surface area contributed by atoms with Gasteiger partial charge in [0.1, 0.15) is 17.2 Å². The van der Waals surface area contributed by atoms with Crippen molar-refractivity contribution in [2.24, 2.45) is 0 Å². The number of aliphatic carboxylic acids is 1. The van der Waals surface area contributed by atoms with E-state index >= 15 is 0 Å². The van der Waals surface area contributed by atoms with E-state index in [1.165, 1.54) is 26.4 Å². The second kappa shape index (κ2) is 8.92. The van der Waals surface area contributed by atoms with E-state index in [1.807, 2.05) is 0 Å². The van der Waals surface area contributed by atoms with E-state index in [0.29, 0.717) is 5.75 Å². The topological polar surface area (TPSA) is 112 Å². The number of carbonyl (C=O) groups is 1. The molecule has 0 bridgehead atoms. The van der Waals surface area contributed by atoms with Gasteiger partial charge in [-0.2, -0.15) is 0 Å². The molecule has 0 aliphatic carbocycles. The van der Waals surface area contributed by atoms with E-state index in [-0.39, 0.29) is 36.7 Å². The van der Waals surface area contributed by atoms with Gasteiger partial charge >= 0.3 is 13.6 Å². The molecule has 136 valence electrons. The van der Waals surface area contributed by atoms with E-state index in [1.54, 1.807) is 13.8 Å². The largest absolute Gasteiger partial charge is 0.507 e. The minimum absolute atomic E-state index is 0.0345. The van der Waals surface area contributed by atoms with Crippen LogP contribution in [0.5, 0.6) is 17.2 Å². The van der Waals surface area contributed by atoms with Crippen molar-refractivity contribution in [2.75, 3.05) is 27.4 Å². The predicted molar refractivity (Wildman–Crippen MR) is 87.2 cm³/mol. The Balaban J connectivity index is 3.31. The number of hydrogen-bond donors (Lipinski definition) is 2. The van der Waals surface area contributed by atoms with Crippen molar-refractivity contribution >= 4 is 13.6 Å². The highest BCUT2D eigenvalue weighted by molar-refractivity contribution is 7.55. The number of aromatic hydroxyl groups is 1. The molecule has 0 spiro atoms. The first kappa shape index (κ1) is 20.3. The Morgan fingerprint density at radius 3 is 2.17 bits per heavy atom. The van der Waals surface area contributed by atoms with Crippen LogP contribution in [-0.2, 0) is 24.8 Å². The molecule has 24 heavy (non-hydrogen) atoms. The van der Waals surface area contributed by atoms with E-state index in [2.05, 4.69) is 0 Å². The zero-order valence-electron chi connectivity index (χ0n) is 14.1. The van der Waals surface area contributed by atoms with Crippen molar-refractivity contribution in [1.29, 1.82) is 0 Å². The Labute approximate surface area is 140 Å². The highest BCUT2D eigenvalue weighted by Crippen LogP contribution is 2.55. The third kappa shape index (κ3) is 4.63. The summed E-state index contributed by atoms with van der Waals surface area (Å²) in [5.74, 6) is -1.01. The van der Waals surface area contributed by atoms with Crippen molar-refractivity contribution in [3.63, 3.8) is 0 Å². The van der Waals surface area contributed by atoms with Gasteiger partial charge in [0.2, 0.25) is 0 Å². The number of carboxylic acid groups (broad SMARTS) is 1. The van der Waals surface area contributed by atoms with E-state index in [9.17, 15) is 19.6 Å². The first-order valence-electron chi connectivity index (χ1n) is 7.38. The normalized spacial score (nSPS) is 12.7. The van der Waals surface area contributed by atoms with Crippen molar-refractivity contribution in [3.05, 3.63) is 17.7 Å². The fraction of sp³-hybridized carbons (Fsp3) is 0.533. The average Bonchev–Trinajstić information content (AvgIpc) is 2.52. The highest BCUT2D eigenvalue weighted by Gasteiger charge is 2.42. The molecule has 0 amide bonds. The maximum atomic E-state index is 12.8. The molecular formula is C15H23O8P. The lowest BCUT2D eigenvalue weighted by molar-refractivity contribution is -0.137. The number of benzene rings is 1. The average molecular weight is 362 g/mol. The second-order valence-corrected chi connectivity index (χ2v) is 6.98. The molecule has 0 aromatic heterocycles. The summed E-state index contributed by atoms with van der Waals surface area (Å²) in [4.78, 5) is 11.7. The lowest BCUT2D eigenvalue weighted by Crippen LogP contribution is -2.26. The summed E-state index contributed by atoms with van der Waals surface area (Å²) in [6.07, 6.45) is -0.286. The number of phenols is 1. The van der Waals surface area contributed by atoms with Gasteiger partial charge < -0.3 is 28.7 Å². The third-order valence-electron chi connectivity index (χ3n) is 3.30. The molecule has 2 N–H and O–H groups in total. The molecule has 0 saturated heterocycles. The van der Waals surface area contributed by atoms with Gasteiger partial charge in [0.25, 0.3) is 0 Å². The Kier molecular flexibility index (Phi) is 7.54. The maximum absolute atomic E-state index is 12.8. The van der Waals surface area contributed by atoms with Gasteiger partial charge in [0.15, 0.2) is 5.66 Å². The minimum atomic E-state index is -3.92. The molecule has 0 saturated carbocycles. The summed E-state index contributed by atoms with van der Waals surface area (Å²) in [5.41, 5.74) is -1.30. The lowest BCUT2D eigenvalue weighted by atomic mass is 10.1. The van der Waals surface area contributed by atoms with Crippen LogP contribution in [0.25, 0.3) is 0 Å². The quantitative estimate of drug-likeness (QED) is 0.611. The summed E-state index contributed by atoms with van der Waals surface area (Å²) in [7, 11) is -1.12. The number of carboxylic acids is 1. The lowest BCUT2D eigenvalue weighted by Gasteiger charge is -2.24. The van der Waals surface area contributed by atoms with Crippen LogP contribution in [0.1, 0.15) is 19.4 Å². The van der Waals surface area contributed by atoms with E-state index in [4.69, 9.17) is 18.5 Å². The van der Waals surface area contributed by atoms with Gasteiger partial charge in [-0.3, -0.25) is 9.36 Å². The molecule has 1 rings (SSSR count).